The van der Waals surface area contributed by atoms with Crippen molar-refractivity contribution in [2.24, 2.45) is 17.8 Å². The van der Waals surface area contributed by atoms with E-state index < -0.39 is 11.9 Å². The number of piperidine rings is 1. The standard InChI is InChI=1S/C9H13NO3/c11-8-7(9(12)13)3-6(4-10-8)5-1-2-5/h5-7H,1-4H2,(H,10,11)(H,12,13)/t6-,7+/m0/s1. The molecule has 1 heterocycles. The number of carboxylic acids is 1. The Balaban J connectivity index is 1.99. The van der Waals surface area contributed by atoms with E-state index >= 15 is 0 Å². The maximum atomic E-state index is 11.1. The van der Waals surface area contributed by atoms with Crippen LogP contribution in [0.4, 0.5) is 0 Å². The van der Waals surface area contributed by atoms with Gasteiger partial charge in [0.05, 0.1) is 0 Å². The summed E-state index contributed by atoms with van der Waals surface area (Å²) in [4.78, 5) is 21.8. The fourth-order valence-corrected chi connectivity index (χ4v) is 1.99. The average molecular weight is 183 g/mol. The van der Waals surface area contributed by atoms with E-state index in [1.54, 1.807) is 0 Å². The van der Waals surface area contributed by atoms with Crippen molar-refractivity contribution in [3.05, 3.63) is 0 Å². The molecule has 13 heavy (non-hydrogen) atoms. The van der Waals surface area contributed by atoms with E-state index in [0.717, 1.165) is 0 Å². The summed E-state index contributed by atoms with van der Waals surface area (Å²) in [7, 11) is 0. The van der Waals surface area contributed by atoms with Crippen LogP contribution in [0.1, 0.15) is 19.3 Å². The zero-order chi connectivity index (χ0) is 9.42. The van der Waals surface area contributed by atoms with Crippen LogP contribution in [0.5, 0.6) is 0 Å². The molecule has 2 fully saturated rings. The first-order valence-electron chi connectivity index (χ1n) is 4.69. The first-order valence-corrected chi connectivity index (χ1v) is 4.69. The molecule has 1 aliphatic heterocycles. The van der Waals surface area contributed by atoms with Crippen molar-refractivity contribution in [3.8, 4) is 0 Å². The van der Waals surface area contributed by atoms with E-state index in [4.69, 9.17) is 5.11 Å². The lowest BCUT2D eigenvalue weighted by Crippen LogP contribution is -2.45. The molecule has 4 nitrogen and oxygen atoms in total. The minimum Gasteiger partial charge on any atom is -0.481 e. The third-order valence-corrected chi connectivity index (χ3v) is 2.98. The molecule has 1 saturated heterocycles. The Labute approximate surface area is 76.3 Å². The van der Waals surface area contributed by atoms with Crippen LogP contribution >= 0.6 is 0 Å². The monoisotopic (exact) mass is 183 g/mol. The van der Waals surface area contributed by atoms with Gasteiger partial charge in [0.2, 0.25) is 5.91 Å². The SMILES string of the molecule is O=C(O)[C@@H]1C[C@H](C2CC2)CNC1=O. The molecule has 0 unspecified atom stereocenters. The summed E-state index contributed by atoms with van der Waals surface area (Å²) in [5.41, 5.74) is 0. The second kappa shape index (κ2) is 3.01. The molecular weight excluding hydrogens is 170 g/mol. The fraction of sp³-hybridized carbons (Fsp3) is 0.778. The van der Waals surface area contributed by atoms with Crippen molar-refractivity contribution in [2.45, 2.75) is 19.3 Å². The normalized spacial score (nSPS) is 34.0. The number of carbonyl (C=O) groups excluding carboxylic acids is 1. The van der Waals surface area contributed by atoms with Crippen LogP contribution in [0.25, 0.3) is 0 Å². The molecule has 2 atom stereocenters. The quantitative estimate of drug-likeness (QED) is 0.602. The molecule has 0 spiro atoms. The van der Waals surface area contributed by atoms with Crippen molar-refractivity contribution < 1.29 is 14.7 Å². The van der Waals surface area contributed by atoms with E-state index in [9.17, 15) is 9.59 Å². The van der Waals surface area contributed by atoms with Gasteiger partial charge < -0.3 is 10.4 Å². The highest BCUT2D eigenvalue weighted by molar-refractivity contribution is 5.97. The van der Waals surface area contributed by atoms with Gasteiger partial charge in [-0.05, 0) is 31.1 Å². The van der Waals surface area contributed by atoms with E-state index in [1.165, 1.54) is 12.8 Å². The summed E-state index contributed by atoms with van der Waals surface area (Å²) in [5, 5.41) is 11.4. The predicted octanol–water partition coefficient (Wildman–Crippen LogP) is 0.233. The molecule has 0 radical (unpaired) electrons. The molecule has 2 N–H and O–H groups in total. The lowest BCUT2D eigenvalue weighted by molar-refractivity contribution is -0.149. The first-order chi connectivity index (χ1) is 6.18. The number of nitrogens with one attached hydrogen (secondary N) is 1. The summed E-state index contributed by atoms with van der Waals surface area (Å²) in [5.74, 6) is -1.03. The topological polar surface area (TPSA) is 66.4 Å². The summed E-state index contributed by atoms with van der Waals surface area (Å²) in [6, 6.07) is 0. The van der Waals surface area contributed by atoms with E-state index in [0.29, 0.717) is 24.8 Å². The van der Waals surface area contributed by atoms with Crippen molar-refractivity contribution in [1.29, 1.82) is 0 Å². The van der Waals surface area contributed by atoms with Crippen molar-refractivity contribution >= 4 is 11.9 Å². The van der Waals surface area contributed by atoms with E-state index in [1.807, 2.05) is 0 Å². The summed E-state index contributed by atoms with van der Waals surface area (Å²) >= 11 is 0. The Morgan fingerprint density at radius 1 is 1.38 bits per heavy atom. The summed E-state index contributed by atoms with van der Waals surface area (Å²) in [6.07, 6.45) is 2.94. The van der Waals surface area contributed by atoms with Gasteiger partial charge in [-0.25, -0.2) is 0 Å². The molecule has 2 aliphatic rings. The fourth-order valence-electron chi connectivity index (χ4n) is 1.99. The van der Waals surface area contributed by atoms with Crippen LogP contribution in [0.15, 0.2) is 0 Å². The highest BCUT2D eigenvalue weighted by Gasteiger charge is 2.40. The van der Waals surface area contributed by atoms with Crippen LogP contribution in [0, 0.1) is 17.8 Å². The average Bonchev–Trinajstić information content (AvgIpc) is 2.87. The largest absolute Gasteiger partial charge is 0.481 e. The highest BCUT2D eigenvalue weighted by Crippen LogP contribution is 2.40. The van der Waals surface area contributed by atoms with Gasteiger partial charge in [-0.1, -0.05) is 0 Å². The van der Waals surface area contributed by atoms with Gasteiger partial charge in [-0.15, -0.1) is 0 Å². The lowest BCUT2D eigenvalue weighted by atomic mass is 9.87. The zero-order valence-electron chi connectivity index (χ0n) is 7.32. The molecule has 0 bridgehead atoms. The molecule has 2 rings (SSSR count). The molecule has 0 aromatic heterocycles. The number of amides is 1. The van der Waals surface area contributed by atoms with Crippen LogP contribution in [-0.2, 0) is 9.59 Å². The number of hydrogen-bond acceptors (Lipinski definition) is 2. The van der Waals surface area contributed by atoms with Gasteiger partial charge in [-0.2, -0.15) is 0 Å². The Kier molecular flexibility index (Phi) is 1.98. The molecule has 1 aliphatic carbocycles. The summed E-state index contributed by atoms with van der Waals surface area (Å²) in [6.45, 7) is 0.674. The number of carbonyl (C=O) groups is 2. The Morgan fingerprint density at radius 3 is 2.62 bits per heavy atom. The minimum atomic E-state index is -0.983. The van der Waals surface area contributed by atoms with Gasteiger partial charge in [0.25, 0.3) is 0 Å². The van der Waals surface area contributed by atoms with Gasteiger partial charge in [0, 0.05) is 6.54 Å². The third kappa shape index (κ3) is 1.66. The number of hydrogen-bond donors (Lipinski definition) is 2. The Morgan fingerprint density at radius 2 is 2.08 bits per heavy atom. The third-order valence-electron chi connectivity index (χ3n) is 2.98. The smallest absolute Gasteiger partial charge is 0.316 e. The molecule has 1 amide bonds. The maximum Gasteiger partial charge on any atom is 0.316 e. The number of carboxylic acid groups (broad SMARTS) is 1. The Bertz CT molecular complexity index is 247. The molecule has 0 aromatic carbocycles. The van der Waals surface area contributed by atoms with Gasteiger partial charge in [0.15, 0.2) is 0 Å². The number of rotatable bonds is 2. The highest BCUT2D eigenvalue weighted by atomic mass is 16.4. The first kappa shape index (κ1) is 8.53. The molecule has 1 saturated carbocycles. The van der Waals surface area contributed by atoms with E-state index in [-0.39, 0.29) is 5.91 Å². The van der Waals surface area contributed by atoms with Crippen LogP contribution in [0.2, 0.25) is 0 Å². The van der Waals surface area contributed by atoms with E-state index in [2.05, 4.69) is 5.32 Å². The number of aliphatic carboxylic acids is 1. The molecule has 72 valence electrons. The van der Waals surface area contributed by atoms with Crippen LogP contribution in [0.3, 0.4) is 0 Å². The second-order valence-electron chi connectivity index (χ2n) is 3.97. The van der Waals surface area contributed by atoms with Crippen LogP contribution < -0.4 is 5.32 Å². The maximum absolute atomic E-state index is 11.1. The molecular formula is C9H13NO3. The second-order valence-corrected chi connectivity index (χ2v) is 3.97. The van der Waals surface area contributed by atoms with Crippen molar-refractivity contribution in [1.82, 2.24) is 5.32 Å². The summed E-state index contributed by atoms with van der Waals surface area (Å²) < 4.78 is 0. The van der Waals surface area contributed by atoms with Gasteiger partial charge >= 0.3 is 5.97 Å². The molecule has 4 heteroatoms. The van der Waals surface area contributed by atoms with Crippen molar-refractivity contribution in [2.75, 3.05) is 6.54 Å². The Hall–Kier alpha value is -1.06. The minimum absolute atomic E-state index is 0.315. The van der Waals surface area contributed by atoms with Crippen molar-refractivity contribution in [3.63, 3.8) is 0 Å². The molecule has 0 aromatic rings. The lowest BCUT2D eigenvalue weighted by Gasteiger charge is -2.26. The predicted molar refractivity (Wildman–Crippen MR) is 45.0 cm³/mol. The zero-order valence-corrected chi connectivity index (χ0v) is 7.32. The van der Waals surface area contributed by atoms with Gasteiger partial charge in [0.1, 0.15) is 5.92 Å². The van der Waals surface area contributed by atoms with Crippen LogP contribution in [-0.4, -0.2) is 23.5 Å². The van der Waals surface area contributed by atoms with Gasteiger partial charge in [-0.3, -0.25) is 9.59 Å².